The van der Waals surface area contributed by atoms with Crippen LogP contribution in [-0.4, -0.2) is 29.9 Å². The van der Waals surface area contributed by atoms with Gasteiger partial charge in [-0.05, 0) is 31.5 Å². The molecule has 1 heterocycles. The van der Waals surface area contributed by atoms with Crippen LogP contribution in [0.15, 0.2) is 60.3 Å². The molecule has 0 aliphatic carbocycles. The maximum absolute atomic E-state index is 12.9. The Morgan fingerprint density at radius 2 is 1.68 bits per heavy atom. The number of imide groups is 1. The zero-order valence-electron chi connectivity index (χ0n) is 14.4. The van der Waals surface area contributed by atoms with Crippen LogP contribution in [-0.2, 0) is 9.59 Å². The highest BCUT2D eigenvalue weighted by atomic mass is 16.5. The van der Waals surface area contributed by atoms with Crippen molar-refractivity contribution in [3.8, 4) is 5.75 Å². The van der Waals surface area contributed by atoms with E-state index in [2.05, 4.69) is 5.32 Å². The molecule has 1 N–H and O–H groups in total. The van der Waals surface area contributed by atoms with Gasteiger partial charge in [0, 0.05) is 17.8 Å². The second-order valence-electron chi connectivity index (χ2n) is 6.05. The second-order valence-corrected chi connectivity index (χ2v) is 6.05. The number of benzene rings is 2. The van der Waals surface area contributed by atoms with Gasteiger partial charge in [-0.1, -0.05) is 36.4 Å². The molecule has 0 fully saturated rings. The quantitative estimate of drug-likeness (QED) is 0.851. The van der Waals surface area contributed by atoms with Crippen LogP contribution in [0.5, 0.6) is 5.75 Å². The Kier molecular flexibility index (Phi) is 4.57. The lowest BCUT2D eigenvalue weighted by atomic mass is 10.0. The third kappa shape index (κ3) is 3.13. The third-order valence-corrected chi connectivity index (χ3v) is 4.03. The predicted octanol–water partition coefficient (Wildman–Crippen LogP) is 3.30. The Balaban J connectivity index is 2.08. The van der Waals surface area contributed by atoms with Crippen molar-refractivity contribution in [2.45, 2.75) is 19.9 Å². The lowest BCUT2D eigenvalue weighted by Gasteiger charge is -2.19. The molecular formula is C20H20N2O3. The van der Waals surface area contributed by atoms with Gasteiger partial charge in [-0.25, -0.2) is 0 Å². The first-order valence-corrected chi connectivity index (χ1v) is 8.11. The van der Waals surface area contributed by atoms with E-state index in [4.69, 9.17) is 4.74 Å². The minimum absolute atomic E-state index is 0.219. The molecule has 1 aliphatic heterocycles. The highest BCUT2D eigenvalue weighted by molar-refractivity contribution is 6.36. The fourth-order valence-electron chi connectivity index (χ4n) is 2.85. The molecule has 128 valence electrons. The Morgan fingerprint density at radius 3 is 2.32 bits per heavy atom. The summed E-state index contributed by atoms with van der Waals surface area (Å²) in [6.45, 7) is 3.65. The van der Waals surface area contributed by atoms with E-state index in [0.29, 0.717) is 17.0 Å². The van der Waals surface area contributed by atoms with E-state index >= 15 is 0 Å². The van der Waals surface area contributed by atoms with Crippen LogP contribution in [0.25, 0.3) is 5.57 Å². The number of methoxy groups -OCH3 is 1. The van der Waals surface area contributed by atoms with E-state index in [1.807, 2.05) is 62.4 Å². The molecule has 0 atom stereocenters. The van der Waals surface area contributed by atoms with E-state index in [1.165, 1.54) is 4.90 Å². The molecule has 0 bridgehead atoms. The molecule has 25 heavy (non-hydrogen) atoms. The molecule has 5 nitrogen and oxygen atoms in total. The summed E-state index contributed by atoms with van der Waals surface area (Å²) < 4.78 is 5.22. The molecule has 2 aromatic carbocycles. The van der Waals surface area contributed by atoms with Gasteiger partial charge in [0.15, 0.2) is 0 Å². The summed E-state index contributed by atoms with van der Waals surface area (Å²) in [5.74, 6) is 0.0719. The highest BCUT2D eigenvalue weighted by Gasteiger charge is 2.40. The minimum Gasteiger partial charge on any atom is -0.497 e. The number of anilines is 1. The third-order valence-electron chi connectivity index (χ3n) is 4.03. The van der Waals surface area contributed by atoms with Crippen LogP contribution in [0.2, 0.25) is 0 Å². The van der Waals surface area contributed by atoms with Crippen LogP contribution in [0.1, 0.15) is 19.4 Å². The average Bonchev–Trinajstić information content (AvgIpc) is 2.86. The first-order valence-electron chi connectivity index (χ1n) is 8.11. The van der Waals surface area contributed by atoms with Crippen LogP contribution in [0.3, 0.4) is 0 Å². The number of amides is 2. The SMILES string of the molecule is COc1cccc(NC2=C(c3ccccc3)C(=O)N(C(C)C)C2=O)c1. The summed E-state index contributed by atoms with van der Waals surface area (Å²) >= 11 is 0. The smallest absolute Gasteiger partial charge is 0.278 e. The van der Waals surface area contributed by atoms with Crippen LogP contribution in [0, 0.1) is 0 Å². The molecule has 2 amide bonds. The Morgan fingerprint density at radius 1 is 0.960 bits per heavy atom. The van der Waals surface area contributed by atoms with E-state index < -0.39 is 0 Å². The Hall–Kier alpha value is -3.08. The number of hydrogen-bond donors (Lipinski definition) is 1. The van der Waals surface area contributed by atoms with Gasteiger partial charge in [-0.2, -0.15) is 0 Å². The van der Waals surface area contributed by atoms with Gasteiger partial charge in [-0.15, -0.1) is 0 Å². The van der Waals surface area contributed by atoms with Crippen molar-refractivity contribution < 1.29 is 14.3 Å². The van der Waals surface area contributed by atoms with Crippen molar-refractivity contribution in [3.63, 3.8) is 0 Å². The Bertz CT molecular complexity index is 841. The maximum atomic E-state index is 12.9. The normalized spacial score (nSPS) is 14.5. The molecule has 0 saturated heterocycles. The minimum atomic E-state index is -0.318. The van der Waals surface area contributed by atoms with Gasteiger partial charge in [-0.3, -0.25) is 14.5 Å². The zero-order chi connectivity index (χ0) is 18.0. The molecule has 0 spiro atoms. The van der Waals surface area contributed by atoms with E-state index in [9.17, 15) is 9.59 Å². The van der Waals surface area contributed by atoms with E-state index in [0.717, 1.165) is 5.56 Å². The van der Waals surface area contributed by atoms with Gasteiger partial charge < -0.3 is 10.1 Å². The molecule has 3 rings (SSSR count). The molecule has 0 radical (unpaired) electrons. The van der Waals surface area contributed by atoms with Crippen molar-refractivity contribution in [1.29, 1.82) is 0 Å². The average molecular weight is 336 g/mol. The van der Waals surface area contributed by atoms with Gasteiger partial charge in [0.05, 0.1) is 12.7 Å². The van der Waals surface area contributed by atoms with Crippen molar-refractivity contribution in [2.24, 2.45) is 0 Å². The van der Waals surface area contributed by atoms with Crippen LogP contribution in [0.4, 0.5) is 5.69 Å². The Labute approximate surface area is 146 Å². The first kappa shape index (κ1) is 16.8. The number of nitrogens with zero attached hydrogens (tertiary/aromatic N) is 1. The van der Waals surface area contributed by atoms with Gasteiger partial charge in [0.2, 0.25) is 0 Å². The lowest BCUT2D eigenvalue weighted by molar-refractivity contribution is -0.138. The standard InChI is InChI=1S/C20H20N2O3/c1-13(2)22-19(23)17(14-8-5-4-6-9-14)18(20(22)24)21-15-10-7-11-16(12-15)25-3/h4-13,21H,1-3H3. The second kappa shape index (κ2) is 6.81. The maximum Gasteiger partial charge on any atom is 0.278 e. The van der Waals surface area contributed by atoms with Crippen LogP contribution >= 0.6 is 0 Å². The fourth-order valence-corrected chi connectivity index (χ4v) is 2.85. The molecule has 2 aromatic rings. The highest BCUT2D eigenvalue weighted by Crippen LogP contribution is 2.32. The number of carbonyl (C=O) groups excluding carboxylic acids is 2. The first-order chi connectivity index (χ1) is 12.0. The van der Waals surface area contributed by atoms with Crippen molar-refractivity contribution in [3.05, 3.63) is 65.9 Å². The molecule has 0 unspecified atom stereocenters. The topological polar surface area (TPSA) is 58.6 Å². The number of nitrogens with one attached hydrogen (secondary N) is 1. The number of hydrogen-bond acceptors (Lipinski definition) is 4. The summed E-state index contributed by atoms with van der Waals surface area (Å²) in [6, 6.07) is 16.3. The molecule has 1 aliphatic rings. The van der Waals surface area contributed by atoms with Crippen molar-refractivity contribution in [1.82, 2.24) is 4.90 Å². The summed E-state index contributed by atoms with van der Waals surface area (Å²) in [5.41, 5.74) is 2.09. The van der Waals surface area contributed by atoms with Gasteiger partial charge in [0.25, 0.3) is 11.8 Å². The number of rotatable bonds is 5. The van der Waals surface area contributed by atoms with Gasteiger partial charge >= 0.3 is 0 Å². The van der Waals surface area contributed by atoms with E-state index in [-0.39, 0.29) is 23.6 Å². The predicted molar refractivity (Wildman–Crippen MR) is 97.0 cm³/mol. The fraction of sp³-hybridized carbons (Fsp3) is 0.200. The van der Waals surface area contributed by atoms with Crippen molar-refractivity contribution >= 4 is 23.1 Å². The molecule has 0 saturated carbocycles. The summed E-state index contributed by atoms with van der Waals surface area (Å²) in [6.07, 6.45) is 0. The van der Waals surface area contributed by atoms with Gasteiger partial charge in [0.1, 0.15) is 11.4 Å². The monoisotopic (exact) mass is 336 g/mol. The van der Waals surface area contributed by atoms with E-state index in [1.54, 1.807) is 13.2 Å². The number of ether oxygens (including phenoxy) is 1. The summed E-state index contributed by atoms with van der Waals surface area (Å²) in [4.78, 5) is 27.0. The number of carbonyl (C=O) groups is 2. The zero-order valence-corrected chi connectivity index (χ0v) is 14.4. The summed E-state index contributed by atoms with van der Waals surface area (Å²) in [5, 5.41) is 3.12. The van der Waals surface area contributed by atoms with Crippen LogP contribution < -0.4 is 10.1 Å². The lowest BCUT2D eigenvalue weighted by Crippen LogP contribution is -2.38. The molecular weight excluding hydrogens is 316 g/mol. The molecule has 0 aromatic heterocycles. The molecule has 5 heteroatoms. The van der Waals surface area contributed by atoms with Crippen molar-refractivity contribution in [2.75, 3.05) is 12.4 Å². The largest absolute Gasteiger partial charge is 0.497 e. The summed E-state index contributed by atoms with van der Waals surface area (Å²) in [7, 11) is 1.58.